The van der Waals surface area contributed by atoms with Gasteiger partial charge in [0.25, 0.3) is 0 Å². The molecule has 0 bridgehead atoms. The van der Waals surface area contributed by atoms with Gasteiger partial charge in [-0.15, -0.1) is 11.3 Å². The van der Waals surface area contributed by atoms with Gasteiger partial charge in [-0.1, -0.05) is 84.0 Å². The first-order valence-corrected chi connectivity index (χ1v) is 13.9. The summed E-state index contributed by atoms with van der Waals surface area (Å²) in [6.45, 7) is 5.36. The Bertz CT molecular complexity index is 744. The van der Waals surface area contributed by atoms with Gasteiger partial charge in [0, 0.05) is 25.6 Å². The minimum Gasteiger partial charge on any atom is -0.448 e. The van der Waals surface area contributed by atoms with Gasteiger partial charge in [-0.2, -0.15) is 0 Å². The standard InChI is InChI=1S/C27H44N2O3S/c1-4-6-7-8-9-10-11-12-13-14-15-16-18-23(21-31-5-2)25(30)26-27(28-22-33-26)29(3)24-19-17-20-32-24/h17,19-20,22-23H,4-16,18,21H2,1-3H3. The van der Waals surface area contributed by atoms with Gasteiger partial charge in [-0.25, -0.2) is 4.98 Å². The number of ketones is 1. The molecule has 2 aromatic heterocycles. The van der Waals surface area contributed by atoms with E-state index in [0.717, 1.165) is 12.8 Å². The third-order valence-corrected chi connectivity index (χ3v) is 7.06. The van der Waals surface area contributed by atoms with E-state index in [-0.39, 0.29) is 11.7 Å². The van der Waals surface area contributed by atoms with E-state index in [2.05, 4.69) is 11.9 Å². The lowest BCUT2D eigenvalue weighted by molar-refractivity contribution is 0.0717. The van der Waals surface area contributed by atoms with Crippen LogP contribution in [0.1, 0.15) is 107 Å². The van der Waals surface area contributed by atoms with Crippen LogP contribution in [0.25, 0.3) is 0 Å². The van der Waals surface area contributed by atoms with Crippen LogP contribution in [-0.2, 0) is 4.74 Å². The number of unbranched alkanes of at least 4 members (excludes halogenated alkanes) is 11. The molecule has 33 heavy (non-hydrogen) atoms. The summed E-state index contributed by atoms with van der Waals surface area (Å²) in [7, 11) is 1.88. The molecule has 0 aromatic carbocycles. The zero-order chi connectivity index (χ0) is 23.7. The Morgan fingerprint density at radius 3 is 2.24 bits per heavy atom. The van der Waals surface area contributed by atoms with E-state index < -0.39 is 0 Å². The van der Waals surface area contributed by atoms with Crippen LogP contribution >= 0.6 is 11.3 Å². The molecular weight excluding hydrogens is 432 g/mol. The van der Waals surface area contributed by atoms with E-state index in [1.807, 2.05) is 31.0 Å². The SMILES string of the molecule is CCCCCCCCCCCCCCC(COCC)C(=O)c1scnc1N(C)c1ccco1. The van der Waals surface area contributed by atoms with Crippen molar-refractivity contribution in [3.8, 4) is 0 Å². The number of carbonyl (C=O) groups excluding carboxylic acids is 1. The van der Waals surface area contributed by atoms with Gasteiger partial charge in [-0.3, -0.25) is 9.69 Å². The molecule has 2 aromatic rings. The molecule has 0 saturated heterocycles. The molecule has 2 heterocycles. The van der Waals surface area contributed by atoms with Gasteiger partial charge in [-0.05, 0) is 19.4 Å². The molecule has 0 aliphatic carbocycles. The number of nitrogens with zero attached hydrogens (tertiary/aromatic N) is 2. The zero-order valence-corrected chi connectivity index (χ0v) is 21.8. The molecule has 186 valence electrons. The predicted molar refractivity (Wildman–Crippen MR) is 139 cm³/mol. The Morgan fingerprint density at radius 1 is 1.03 bits per heavy atom. The Labute approximate surface area is 204 Å². The van der Waals surface area contributed by atoms with Crippen LogP contribution in [0, 0.1) is 5.92 Å². The van der Waals surface area contributed by atoms with Crippen LogP contribution in [0.4, 0.5) is 11.7 Å². The summed E-state index contributed by atoms with van der Waals surface area (Å²) in [5, 5.41) is 0. The number of ether oxygens (including phenoxy) is 1. The molecule has 0 N–H and O–H groups in total. The molecule has 0 spiro atoms. The number of anilines is 2. The molecule has 1 atom stereocenters. The highest BCUT2D eigenvalue weighted by Gasteiger charge is 2.26. The van der Waals surface area contributed by atoms with Crippen molar-refractivity contribution in [2.75, 3.05) is 25.2 Å². The number of hydrogen-bond acceptors (Lipinski definition) is 6. The number of Topliss-reactive ketones (excluding diaryl/α,β-unsaturated/α-hetero) is 1. The van der Waals surface area contributed by atoms with Crippen LogP contribution < -0.4 is 4.90 Å². The first kappa shape index (κ1) is 27.6. The predicted octanol–water partition coefficient (Wildman–Crippen LogP) is 8.43. The monoisotopic (exact) mass is 476 g/mol. The molecule has 0 aliphatic rings. The maximum absolute atomic E-state index is 13.4. The number of rotatable bonds is 20. The summed E-state index contributed by atoms with van der Waals surface area (Å²) in [4.78, 5) is 20.3. The van der Waals surface area contributed by atoms with Gasteiger partial charge in [0.05, 0.1) is 18.4 Å². The second-order valence-corrected chi connectivity index (χ2v) is 9.77. The summed E-state index contributed by atoms with van der Waals surface area (Å²) in [6, 6.07) is 3.71. The summed E-state index contributed by atoms with van der Waals surface area (Å²) in [6.07, 6.45) is 18.4. The molecule has 5 nitrogen and oxygen atoms in total. The van der Waals surface area contributed by atoms with Crippen LogP contribution in [-0.4, -0.2) is 31.0 Å². The maximum atomic E-state index is 13.4. The molecule has 0 saturated carbocycles. The summed E-state index contributed by atoms with van der Waals surface area (Å²) in [5.74, 6) is 1.37. The highest BCUT2D eigenvalue weighted by atomic mass is 32.1. The minimum absolute atomic E-state index is 0.114. The molecular formula is C27H44N2O3S. The average molecular weight is 477 g/mol. The fraction of sp³-hybridized carbons (Fsp3) is 0.704. The van der Waals surface area contributed by atoms with Crippen molar-refractivity contribution in [3.05, 3.63) is 28.8 Å². The highest BCUT2D eigenvalue weighted by molar-refractivity contribution is 7.12. The Kier molecular flexibility index (Phi) is 14.1. The fourth-order valence-electron chi connectivity index (χ4n) is 4.18. The van der Waals surface area contributed by atoms with Gasteiger partial charge in [0.15, 0.2) is 11.6 Å². The lowest BCUT2D eigenvalue weighted by Crippen LogP contribution is -2.22. The smallest absolute Gasteiger partial charge is 0.200 e. The molecule has 1 unspecified atom stereocenters. The highest BCUT2D eigenvalue weighted by Crippen LogP contribution is 2.31. The first-order chi connectivity index (χ1) is 16.2. The van der Waals surface area contributed by atoms with Crippen molar-refractivity contribution in [1.82, 2.24) is 4.98 Å². The largest absolute Gasteiger partial charge is 0.448 e. The van der Waals surface area contributed by atoms with E-state index in [1.54, 1.807) is 11.8 Å². The Morgan fingerprint density at radius 2 is 1.67 bits per heavy atom. The van der Waals surface area contributed by atoms with Gasteiger partial charge >= 0.3 is 0 Å². The first-order valence-electron chi connectivity index (χ1n) is 13.0. The third kappa shape index (κ3) is 10.0. The third-order valence-electron chi connectivity index (χ3n) is 6.23. The minimum atomic E-state index is -0.114. The lowest BCUT2D eigenvalue weighted by Gasteiger charge is -2.18. The van der Waals surface area contributed by atoms with E-state index in [0.29, 0.717) is 29.8 Å². The number of aromatic nitrogens is 1. The topological polar surface area (TPSA) is 55.6 Å². The van der Waals surface area contributed by atoms with Crippen molar-refractivity contribution >= 4 is 28.8 Å². The van der Waals surface area contributed by atoms with E-state index in [4.69, 9.17) is 9.15 Å². The number of furan rings is 1. The molecule has 0 aliphatic heterocycles. The van der Waals surface area contributed by atoms with Gasteiger partial charge < -0.3 is 9.15 Å². The quantitative estimate of drug-likeness (QED) is 0.142. The maximum Gasteiger partial charge on any atom is 0.200 e. The van der Waals surface area contributed by atoms with Crippen molar-refractivity contribution < 1.29 is 13.9 Å². The van der Waals surface area contributed by atoms with Crippen molar-refractivity contribution in [1.29, 1.82) is 0 Å². The van der Waals surface area contributed by atoms with Gasteiger partial charge in [0.2, 0.25) is 5.88 Å². The van der Waals surface area contributed by atoms with Crippen molar-refractivity contribution in [3.63, 3.8) is 0 Å². The van der Waals surface area contributed by atoms with Crippen LogP contribution in [0.2, 0.25) is 0 Å². The number of thiazole rings is 1. The van der Waals surface area contributed by atoms with Crippen LogP contribution in [0.15, 0.2) is 28.3 Å². The molecule has 0 amide bonds. The van der Waals surface area contributed by atoms with E-state index in [9.17, 15) is 4.79 Å². The Balaban J connectivity index is 1.73. The number of hydrogen-bond donors (Lipinski definition) is 0. The molecule has 2 rings (SSSR count). The van der Waals surface area contributed by atoms with Crippen molar-refractivity contribution in [2.45, 2.75) is 97.3 Å². The van der Waals surface area contributed by atoms with Crippen molar-refractivity contribution in [2.24, 2.45) is 5.92 Å². The molecule has 0 radical (unpaired) electrons. The lowest BCUT2D eigenvalue weighted by atomic mass is 9.95. The summed E-state index contributed by atoms with van der Waals surface area (Å²) < 4.78 is 11.2. The summed E-state index contributed by atoms with van der Waals surface area (Å²) >= 11 is 1.41. The second kappa shape index (κ2) is 16.9. The van der Waals surface area contributed by atoms with E-state index >= 15 is 0 Å². The normalized spacial score (nSPS) is 12.2. The Hall–Kier alpha value is -1.66. The van der Waals surface area contributed by atoms with Crippen LogP contribution in [0.3, 0.4) is 0 Å². The van der Waals surface area contributed by atoms with E-state index in [1.165, 1.54) is 82.0 Å². The number of carbonyl (C=O) groups is 1. The molecule has 0 fully saturated rings. The fourth-order valence-corrected chi connectivity index (χ4v) is 5.02. The van der Waals surface area contributed by atoms with Crippen LogP contribution in [0.5, 0.6) is 0 Å². The second-order valence-electron chi connectivity index (χ2n) is 8.91. The average Bonchev–Trinajstić information content (AvgIpc) is 3.53. The molecule has 6 heteroatoms. The summed E-state index contributed by atoms with van der Waals surface area (Å²) in [5.41, 5.74) is 1.74. The zero-order valence-electron chi connectivity index (χ0n) is 21.0. The van der Waals surface area contributed by atoms with Gasteiger partial charge in [0.1, 0.15) is 4.88 Å².